The van der Waals surface area contributed by atoms with Crippen LogP contribution in [0.25, 0.3) is 38.6 Å². The summed E-state index contributed by atoms with van der Waals surface area (Å²) in [6.07, 6.45) is 5.81. The molecule has 6 rings (SSSR count). The van der Waals surface area contributed by atoms with Crippen LogP contribution in [-0.4, -0.2) is 36.9 Å². The van der Waals surface area contributed by atoms with E-state index < -0.39 is 11.4 Å². The standard InChI is InChI=1S/C27H24FN5O3/c1-27(35)10-16(11-27)32-12-20(23-24(29)30-14-31-25(23)32)17-8-19-18(9-21(17)28)22(36-2)13-33(26(19)34)15-6-4-3-5-7-15/h3-9,12-14,16,35H,10-11H2,1-2H3,(H2,29,30,31). The second kappa shape index (κ2) is 7.89. The van der Waals surface area contributed by atoms with Crippen molar-refractivity contribution in [2.24, 2.45) is 0 Å². The van der Waals surface area contributed by atoms with Crippen molar-refractivity contribution in [1.29, 1.82) is 0 Å². The van der Waals surface area contributed by atoms with Gasteiger partial charge in [-0.1, -0.05) is 18.2 Å². The largest absolute Gasteiger partial charge is 0.495 e. The minimum absolute atomic E-state index is 0.00975. The van der Waals surface area contributed by atoms with Crippen LogP contribution in [0, 0.1) is 5.82 Å². The van der Waals surface area contributed by atoms with Crippen molar-refractivity contribution >= 4 is 27.6 Å². The van der Waals surface area contributed by atoms with E-state index in [4.69, 9.17) is 10.5 Å². The number of halogens is 1. The molecule has 9 heteroatoms. The molecule has 0 spiro atoms. The normalized spacial score (nSPS) is 19.5. The maximum atomic E-state index is 15.7. The van der Waals surface area contributed by atoms with Gasteiger partial charge < -0.3 is 20.1 Å². The second-order valence-electron chi connectivity index (χ2n) is 9.55. The number of para-hydroxylation sites is 1. The monoisotopic (exact) mass is 485 g/mol. The van der Waals surface area contributed by atoms with Crippen LogP contribution < -0.4 is 16.0 Å². The first-order chi connectivity index (χ1) is 17.3. The summed E-state index contributed by atoms with van der Waals surface area (Å²) in [6, 6.07) is 12.0. The van der Waals surface area contributed by atoms with Gasteiger partial charge in [0, 0.05) is 34.4 Å². The molecule has 182 valence electrons. The summed E-state index contributed by atoms with van der Waals surface area (Å²) < 4.78 is 24.6. The molecular weight excluding hydrogens is 461 g/mol. The number of hydrogen-bond acceptors (Lipinski definition) is 6. The topological polar surface area (TPSA) is 108 Å². The van der Waals surface area contributed by atoms with Crippen LogP contribution >= 0.6 is 0 Å². The molecule has 0 saturated heterocycles. The predicted octanol–water partition coefficient (Wildman–Crippen LogP) is 4.22. The molecule has 0 radical (unpaired) electrons. The summed E-state index contributed by atoms with van der Waals surface area (Å²) >= 11 is 0. The number of nitrogen functional groups attached to an aromatic ring is 1. The number of aliphatic hydroxyl groups is 1. The van der Waals surface area contributed by atoms with Gasteiger partial charge >= 0.3 is 0 Å². The number of benzene rings is 2. The molecule has 0 atom stereocenters. The van der Waals surface area contributed by atoms with E-state index in [9.17, 15) is 9.90 Å². The highest BCUT2D eigenvalue weighted by Gasteiger charge is 2.40. The van der Waals surface area contributed by atoms with E-state index in [-0.39, 0.29) is 23.0 Å². The molecular formula is C27H24FN5O3. The Morgan fingerprint density at radius 1 is 1.11 bits per heavy atom. The number of methoxy groups -OCH3 is 1. The summed E-state index contributed by atoms with van der Waals surface area (Å²) in [5.41, 5.74) is 7.10. The summed E-state index contributed by atoms with van der Waals surface area (Å²) in [5, 5.41) is 11.5. The number of pyridine rings is 1. The van der Waals surface area contributed by atoms with Gasteiger partial charge in [0.25, 0.3) is 5.56 Å². The number of fused-ring (bicyclic) bond motifs is 2. The number of hydrogen-bond donors (Lipinski definition) is 2. The van der Waals surface area contributed by atoms with E-state index in [0.29, 0.717) is 51.6 Å². The summed E-state index contributed by atoms with van der Waals surface area (Å²) in [6.45, 7) is 1.79. The minimum Gasteiger partial charge on any atom is -0.495 e. The summed E-state index contributed by atoms with van der Waals surface area (Å²) in [7, 11) is 1.49. The lowest BCUT2D eigenvalue weighted by atomic mass is 9.77. The highest BCUT2D eigenvalue weighted by molar-refractivity contribution is 6.03. The van der Waals surface area contributed by atoms with Crippen molar-refractivity contribution in [3.05, 3.63) is 77.4 Å². The SMILES string of the molecule is COc1cn(-c2ccccc2)c(=O)c2cc(-c3cn(C4CC(C)(O)C4)c4ncnc(N)c34)c(F)cc12. The van der Waals surface area contributed by atoms with E-state index >= 15 is 4.39 Å². The molecule has 1 aliphatic carbocycles. The zero-order valence-electron chi connectivity index (χ0n) is 19.8. The van der Waals surface area contributed by atoms with E-state index in [1.54, 1.807) is 19.3 Å². The van der Waals surface area contributed by atoms with E-state index in [2.05, 4.69) is 9.97 Å². The lowest BCUT2D eigenvalue weighted by molar-refractivity contribution is -0.0498. The van der Waals surface area contributed by atoms with Crippen LogP contribution in [-0.2, 0) is 0 Å². The highest BCUT2D eigenvalue weighted by atomic mass is 19.1. The van der Waals surface area contributed by atoms with Crippen LogP contribution in [0.2, 0.25) is 0 Å². The van der Waals surface area contributed by atoms with E-state index in [1.807, 2.05) is 34.9 Å². The molecule has 0 unspecified atom stereocenters. The van der Waals surface area contributed by atoms with Gasteiger partial charge in [0.15, 0.2) is 0 Å². The highest BCUT2D eigenvalue weighted by Crippen LogP contribution is 2.45. The average molecular weight is 486 g/mol. The molecule has 2 aromatic carbocycles. The fourth-order valence-electron chi connectivity index (χ4n) is 5.22. The smallest absolute Gasteiger partial charge is 0.263 e. The van der Waals surface area contributed by atoms with Crippen LogP contribution in [0.1, 0.15) is 25.8 Å². The number of rotatable bonds is 4. The van der Waals surface area contributed by atoms with Crippen LogP contribution in [0.5, 0.6) is 5.75 Å². The van der Waals surface area contributed by atoms with Crippen LogP contribution in [0.3, 0.4) is 0 Å². The van der Waals surface area contributed by atoms with Gasteiger partial charge in [0.05, 0.1) is 29.7 Å². The third kappa shape index (κ3) is 3.35. The zero-order chi connectivity index (χ0) is 25.2. The van der Waals surface area contributed by atoms with Crippen LogP contribution in [0.4, 0.5) is 10.2 Å². The number of anilines is 1. The summed E-state index contributed by atoms with van der Waals surface area (Å²) in [5.74, 6) is 0.0631. The van der Waals surface area contributed by atoms with E-state index in [1.165, 1.54) is 30.1 Å². The molecule has 1 fully saturated rings. The van der Waals surface area contributed by atoms with Crippen LogP contribution in [0.15, 0.2) is 66.0 Å². The molecule has 3 N–H and O–H groups in total. The molecule has 3 heterocycles. The number of nitrogens with zero attached hydrogens (tertiary/aromatic N) is 4. The van der Waals surface area contributed by atoms with Crippen molar-refractivity contribution in [3.8, 4) is 22.6 Å². The maximum Gasteiger partial charge on any atom is 0.263 e. The van der Waals surface area contributed by atoms with Gasteiger partial charge in [0.1, 0.15) is 29.4 Å². The van der Waals surface area contributed by atoms with Gasteiger partial charge in [-0.25, -0.2) is 14.4 Å². The lowest BCUT2D eigenvalue weighted by Crippen LogP contribution is -2.41. The Balaban J connectivity index is 1.62. The Hall–Kier alpha value is -4.24. The quantitative estimate of drug-likeness (QED) is 0.395. The molecule has 1 aliphatic rings. The lowest BCUT2D eigenvalue weighted by Gasteiger charge is -2.41. The first-order valence-electron chi connectivity index (χ1n) is 11.6. The molecule has 8 nitrogen and oxygen atoms in total. The minimum atomic E-state index is -0.757. The molecule has 3 aromatic heterocycles. The predicted molar refractivity (Wildman–Crippen MR) is 136 cm³/mol. The molecule has 0 aliphatic heterocycles. The van der Waals surface area contributed by atoms with Crippen molar-refractivity contribution < 1.29 is 14.2 Å². The zero-order valence-corrected chi connectivity index (χ0v) is 19.8. The number of aromatic nitrogens is 4. The van der Waals surface area contributed by atoms with E-state index in [0.717, 1.165) is 0 Å². The van der Waals surface area contributed by atoms with Gasteiger partial charge in [-0.3, -0.25) is 9.36 Å². The van der Waals surface area contributed by atoms with Gasteiger partial charge in [0.2, 0.25) is 0 Å². The van der Waals surface area contributed by atoms with Crippen molar-refractivity contribution in [3.63, 3.8) is 0 Å². The van der Waals surface area contributed by atoms with Crippen molar-refractivity contribution in [1.82, 2.24) is 19.1 Å². The Morgan fingerprint density at radius 2 is 1.86 bits per heavy atom. The number of ether oxygens (including phenoxy) is 1. The van der Waals surface area contributed by atoms with Crippen molar-refractivity contribution in [2.45, 2.75) is 31.4 Å². The fraction of sp³-hybridized carbons (Fsp3) is 0.222. The van der Waals surface area contributed by atoms with Gasteiger partial charge in [-0.05, 0) is 44.0 Å². The molecule has 0 amide bonds. The third-order valence-electron chi connectivity index (χ3n) is 7.00. The van der Waals surface area contributed by atoms with Gasteiger partial charge in [-0.15, -0.1) is 0 Å². The first kappa shape index (κ1) is 22.2. The second-order valence-corrected chi connectivity index (χ2v) is 9.55. The third-order valence-corrected chi connectivity index (χ3v) is 7.00. The fourth-order valence-corrected chi connectivity index (χ4v) is 5.22. The summed E-state index contributed by atoms with van der Waals surface area (Å²) in [4.78, 5) is 22.1. The Morgan fingerprint density at radius 3 is 2.56 bits per heavy atom. The Labute approximate surface area is 205 Å². The molecule has 5 aromatic rings. The molecule has 0 bridgehead atoms. The molecule has 36 heavy (non-hydrogen) atoms. The number of nitrogens with two attached hydrogens (primary N) is 1. The Bertz CT molecular complexity index is 1700. The van der Waals surface area contributed by atoms with Crippen molar-refractivity contribution in [2.75, 3.05) is 12.8 Å². The van der Waals surface area contributed by atoms with Gasteiger partial charge in [-0.2, -0.15) is 0 Å². The maximum absolute atomic E-state index is 15.7. The average Bonchev–Trinajstić information content (AvgIpc) is 3.23. The Kier molecular flexibility index (Phi) is 4.87. The molecule has 1 saturated carbocycles. The first-order valence-corrected chi connectivity index (χ1v) is 11.6.